The van der Waals surface area contributed by atoms with Gasteiger partial charge < -0.3 is 4.74 Å². The summed E-state index contributed by atoms with van der Waals surface area (Å²) in [6, 6.07) is 0.471. The first-order valence-corrected chi connectivity index (χ1v) is 2.56. The van der Waals surface area contributed by atoms with E-state index in [2.05, 4.69) is 9.91 Å². The van der Waals surface area contributed by atoms with Gasteiger partial charge in [-0.25, -0.2) is 0 Å². The molecular weight excluding hydrogens is 136 g/mol. The molecule has 5 nitrogen and oxygen atoms in total. The van der Waals surface area contributed by atoms with Gasteiger partial charge in [-0.2, -0.15) is 5.26 Å². The van der Waals surface area contributed by atoms with Gasteiger partial charge in [0.05, 0.1) is 6.07 Å². The number of nitrogens with zero attached hydrogens (tertiary/aromatic N) is 2. The van der Waals surface area contributed by atoms with E-state index in [1.54, 1.807) is 6.07 Å². The van der Waals surface area contributed by atoms with Gasteiger partial charge in [-0.15, -0.1) is 4.91 Å². The summed E-state index contributed by atoms with van der Waals surface area (Å²) >= 11 is 0. The van der Waals surface area contributed by atoms with Gasteiger partial charge in [-0.3, -0.25) is 4.79 Å². The van der Waals surface area contributed by atoms with Crippen LogP contribution in [0.3, 0.4) is 0 Å². The fourth-order valence-corrected chi connectivity index (χ4v) is 0.288. The molecule has 0 amide bonds. The summed E-state index contributed by atoms with van der Waals surface area (Å²) < 4.78 is 4.33. The van der Waals surface area contributed by atoms with Gasteiger partial charge in [0.1, 0.15) is 6.61 Å². The average Bonchev–Trinajstić information content (AvgIpc) is 1.90. The zero-order chi connectivity index (χ0) is 7.98. The van der Waals surface area contributed by atoms with Crippen molar-refractivity contribution in [3.63, 3.8) is 0 Å². The number of ether oxygens (including phenoxy) is 1. The fourth-order valence-electron chi connectivity index (χ4n) is 0.288. The van der Waals surface area contributed by atoms with Crippen LogP contribution >= 0.6 is 0 Å². The van der Waals surface area contributed by atoms with Crippen molar-refractivity contribution >= 4 is 5.97 Å². The van der Waals surface area contributed by atoms with Crippen LogP contribution in [-0.2, 0) is 9.53 Å². The van der Waals surface area contributed by atoms with Gasteiger partial charge in [0.25, 0.3) is 0 Å². The second-order valence-electron chi connectivity index (χ2n) is 1.55. The summed E-state index contributed by atoms with van der Waals surface area (Å²) in [4.78, 5) is 19.8. The highest BCUT2D eigenvalue weighted by molar-refractivity contribution is 5.65. The number of carbonyl (C=O) groups excluding carboxylic acids is 1. The maximum atomic E-state index is 10.1. The van der Waals surface area contributed by atoms with Crippen LogP contribution in [0.5, 0.6) is 0 Å². The summed E-state index contributed by atoms with van der Waals surface area (Å²) in [5, 5.41) is 10.5. The Morgan fingerprint density at radius 2 is 2.50 bits per heavy atom. The molecule has 10 heavy (non-hydrogen) atoms. The Balaban J connectivity index is 3.57. The minimum atomic E-state index is -1.08. The highest BCUT2D eigenvalue weighted by Gasteiger charge is 2.07. The molecule has 0 N–H and O–H groups in total. The van der Waals surface area contributed by atoms with Gasteiger partial charge in [-0.05, 0) is 5.18 Å². The molecule has 54 valence electrons. The minimum Gasteiger partial charge on any atom is -0.462 e. The molecule has 0 bridgehead atoms. The highest BCUT2D eigenvalue weighted by Crippen LogP contribution is 1.89. The van der Waals surface area contributed by atoms with E-state index in [0.717, 1.165) is 0 Å². The molecule has 1 unspecified atom stereocenters. The van der Waals surface area contributed by atoms with Crippen molar-refractivity contribution in [2.75, 3.05) is 6.61 Å². The van der Waals surface area contributed by atoms with E-state index in [0.29, 0.717) is 0 Å². The highest BCUT2D eigenvalue weighted by atomic mass is 16.5. The molecule has 0 spiro atoms. The molecule has 0 radical (unpaired) electrons. The molecule has 0 aromatic heterocycles. The smallest absolute Gasteiger partial charge is 0.302 e. The molecular formula is C5H6N2O3. The van der Waals surface area contributed by atoms with Crippen LogP contribution in [0.25, 0.3) is 0 Å². The lowest BCUT2D eigenvalue weighted by Gasteiger charge is -1.98. The first kappa shape index (κ1) is 8.56. The Labute approximate surface area is 57.6 Å². The van der Waals surface area contributed by atoms with Gasteiger partial charge in [0.2, 0.25) is 6.04 Å². The second kappa shape index (κ2) is 4.44. The third-order valence-electron chi connectivity index (χ3n) is 0.721. The SMILES string of the molecule is CC(=O)OCC(C#N)N=O. The van der Waals surface area contributed by atoms with E-state index in [9.17, 15) is 9.70 Å². The molecule has 0 aliphatic rings. The van der Waals surface area contributed by atoms with Crippen LogP contribution in [0.4, 0.5) is 0 Å². The predicted octanol–water partition coefficient (Wildman–Crippen LogP) is 0.208. The van der Waals surface area contributed by atoms with Gasteiger partial charge >= 0.3 is 5.97 Å². The molecule has 0 aliphatic carbocycles. The lowest BCUT2D eigenvalue weighted by Crippen LogP contribution is -2.12. The third-order valence-corrected chi connectivity index (χ3v) is 0.721. The number of hydrogen-bond donors (Lipinski definition) is 0. The van der Waals surface area contributed by atoms with Gasteiger partial charge in [0.15, 0.2) is 0 Å². The van der Waals surface area contributed by atoms with Gasteiger partial charge in [0, 0.05) is 6.92 Å². The Hall–Kier alpha value is -1.44. The van der Waals surface area contributed by atoms with Crippen LogP contribution < -0.4 is 0 Å². The Kier molecular flexibility index (Phi) is 3.80. The van der Waals surface area contributed by atoms with Crippen LogP contribution in [0, 0.1) is 16.2 Å². The molecule has 5 heteroatoms. The average molecular weight is 142 g/mol. The molecule has 0 aromatic rings. The molecule has 0 aliphatic heterocycles. The molecule has 0 heterocycles. The minimum absolute atomic E-state index is 0.255. The van der Waals surface area contributed by atoms with Crippen LogP contribution in [-0.4, -0.2) is 18.6 Å². The van der Waals surface area contributed by atoms with Crippen LogP contribution in [0.15, 0.2) is 5.18 Å². The van der Waals surface area contributed by atoms with E-state index in [4.69, 9.17) is 5.26 Å². The number of nitriles is 1. The van der Waals surface area contributed by atoms with Crippen molar-refractivity contribution < 1.29 is 9.53 Å². The Morgan fingerprint density at radius 1 is 1.90 bits per heavy atom. The Morgan fingerprint density at radius 3 is 2.80 bits per heavy atom. The molecule has 0 aromatic carbocycles. The maximum absolute atomic E-state index is 10.1. The standard InChI is InChI=1S/C5H6N2O3/c1-4(8)10-3-5(2-6)7-9/h5H,3H2,1H3. The number of rotatable bonds is 3. The fraction of sp³-hybridized carbons (Fsp3) is 0.600. The number of nitroso groups, excluding NO2 is 1. The zero-order valence-electron chi connectivity index (χ0n) is 5.40. The quantitative estimate of drug-likeness (QED) is 0.416. The van der Waals surface area contributed by atoms with E-state index in [1.165, 1.54) is 6.92 Å². The third kappa shape index (κ3) is 3.55. The molecule has 0 saturated carbocycles. The summed E-state index contributed by atoms with van der Waals surface area (Å²) in [7, 11) is 0. The van der Waals surface area contributed by atoms with Crippen molar-refractivity contribution in [3.05, 3.63) is 4.91 Å². The molecule has 0 saturated heterocycles. The van der Waals surface area contributed by atoms with E-state index < -0.39 is 12.0 Å². The van der Waals surface area contributed by atoms with Crippen molar-refractivity contribution in [2.24, 2.45) is 5.18 Å². The normalized spacial score (nSPS) is 11.2. The van der Waals surface area contributed by atoms with Crippen molar-refractivity contribution in [2.45, 2.75) is 13.0 Å². The zero-order valence-corrected chi connectivity index (χ0v) is 5.40. The lowest BCUT2D eigenvalue weighted by molar-refractivity contribution is -0.141. The summed E-state index contributed by atoms with van der Waals surface area (Å²) in [5.74, 6) is -0.524. The monoisotopic (exact) mass is 142 g/mol. The lowest BCUT2D eigenvalue weighted by atomic mass is 10.4. The van der Waals surface area contributed by atoms with Crippen LogP contribution in [0.1, 0.15) is 6.92 Å². The first-order chi connectivity index (χ1) is 4.70. The van der Waals surface area contributed by atoms with Crippen LogP contribution in [0.2, 0.25) is 0 Å². The maximum Gasteiger partial charge on any atom is 0.302 e. The molecule has 1 atom stereocenters. The number of hydrogen-bond acceptors (Lipinski definition) is 5. The van der Waals surface area contributed by atoms with Gasteiger partial charge in [-0.1, -0.05) is 0 Å². The van der Waals surface area contributed by atoms with Crippen molar-refractivity contribution in [1.82, 2.24) is 0 Å². The predicted molar refractivity (Wildman–Crippen MR) is 31.8 cm³/mol. The first-order valence-electron chi connectivity index (χ1n) is 2.56. The van der Waals surface area contributed by atoms with E-state index >= 15 is 0 Å². The second-order valence-corrected chi connectivity index (χ2v) is 1.55. The molecule has 0 fully saturated rings. The van der Waals surface area contributed by atoms with Crippen molar-refractivity contribution in [1.29, 1.82) is 5.26 Å². The number of carbonyl (C=O) groups is 1. The number of esters is 1. The van der Waals surface area contributed by atoms with E-state index in [-0.39, 0.29) is 6.61 Å². The summed E-state index contributed by atoms with van der Waals surface area (Å²) in [6.07, 6.45) is 0. The summed E-state index contributed by atoms with van der Waals surface area (Å²) in [6.45, 7) is 0.939. The molecule has 0 rings (SSSR count). The Bertz CT molecular complexity index is 172. The van der Waals surface area contributed by atoms with Crippen molar-refractivity contribution in [3.8, 4) is 6.07 Å². The largest absolute Gasteiger partial charge is 0.462 e. The van der Waals surface area contributed by atoms with E-state index in [1.807, 2.05) is 0 Å². The summed E-state index contributed by atoms with van der Waals surface area (Å²) in [5.41, 5.74) is 0. The topological polar surface area (TPSA) is 79.5 Å².